The van der Waals surface area contributed by atoms with Gasteiger partial charge in [-0.3, -0.25) is 4.79 Å². The summed E-state index contributed by atoms with van der Waals surface area (Å²) in [6.07, 6.45) is 7.67. The summed E-state index contributed by atoms with van der Waals surface area (Å²) in [6, 6.07) is 0.771. The zero-order chi connectivity index (χ0) is 13.9. The van der Waals surface area contributed by atoms with Crippen LogP contribution >= 0.6 is 0 Å². The molecule has 2 aliphatic rings. The molecule has 4 heteroatoms. The van der Waals surface area contributed by atoms with Gasteiger partial charge in [-0.25, -0.2) is 0 Å². The van der Waals surface area contributed by atoms with E-state index in [1.165, 1.54) is 45.8 Å². The van der Waals surface area contributed by atoms with Crippen molar-refractivity contribution in [3.8, 4) is 0 Å². The lowest BCUT2D eigenvalue weighted by molar-refractivity contribution is -0.148. The number of nitrogens with one attached hydrogen (secondary N) is 1. The molecule has 1 aliphatic heterocycles. The Hall–Kier alpha value is -0.610. The molecule has 1 heterocycles. The van der Waals surface area contributed by atoms with E-state index in [0.29, 0.717) is 0 Å². The number of nitrogens with zero attached hydrogens (tertiary/aromatic N) is 1. The number of carbonyl (C=O) groups excluding carboxylic acids is 1. The van der Waals surface area contributed by atoms with Gasteiger partial charge < -0.3 is 15.0 Å². The first-order valence-corrected chi connectivity index (χ1v) is 7.62. The van der Waals surface area contributed by atoms with E-state index in [4.69, 9.17) is 4.74 Å². The fraction of sp³-hybridized carbons (Fsp3) is 0.933. The quantitative estimate of drug-likeness (QED) is 0.772. The fourth-order valence-electron chi connectivity index (χ4n) is 3.76. The summed E-state index contributed by atoms with van der Waals surface area (Å²) in [7, 11) is 3.30. The minimum atomic E-state index is -0.555. The molecule has 0 bridgehead atoms. The molecule has 1 aliphatic carbocycles. The summed E-state index contributed by atoms with van der Waals surface area (Å²) in [6.45, 7) is 4.13. The number of piperidine rings is 1. The Labute approximate surface area is 116 Å². The van der Waals surface area contributed by atoms with Gasteiger partial charge in [-0.2, -0.15) is 0 Å². The Kier molecular flexibility index (Phi) is 4.85. The lowest BCUT2D eigenvalue weighted by Gasteiger charge is -2.39. The van der Waals surface area contributed by atoms with Gasteiger partial charge in [0.25, 0.3) is 0 Å². The number of esters is 1. The second-order valence-electron chi connectivity index (χ2n) is 6.26. The van der Waals surface area contributed by atoms with Crippen LogP contribution in [0.2, 0.25) is 0 Å². The normalized spacial score (nSPS) is 30.7. The van der Waals surface area contributed by atoms with Crippen molar-refractivity contribution in [2.45, 2.75) is 57.0 Å². The van der Waals surface area contributed by atoms with Crippen molar-refractivity contribution in [3.63, 3.8) is 0 Å². The van der Waals surface area contributed by atoms with Crippen LogP contribution in [0.25, 0.3) is 0 Å². The van der Waals surface area contributed by atoms with Crippen molar-refractivity contribution < 1.29 is 9.53 Å². The van der Waals surface area contributed by atoms with Crippen LogP contribution in [0.5, 0.6) is 0 Å². The number of carbonyl (C=O) groups is 1. The highest BCUT2D eigenvalue weighted by atomic mass is 16.5. The summed E-state index contributed by atoms with van der Waals surface area (Å²) >= 11 is 0. The van der Waals surface area contributed by atoms with Crippen molar-refractivity contribution in [1.29, 1.82) is 0 Å². The number of fused-ring (bicyclic) bond motifs is 1. The Morgan fingerprint density at radius 3 is 2.79 bits per heavy atom. The molecular formula is C15H28N2O2. The average Bonchev–Trinajstić information content (AvgIpc) is 2.92. The molecule has 0 amide bonds. The minimum absolute atomic E-state index is 0.157. The van der Waals surface area contributed by atoms with E-state index >= 15 is 0 Å². The van der Waals surface area contributed by atoms with Crippen LogP contribution in [0.4, 0.5) is 0 Å². The molecule has 0 aromatic rings. The summed E-state index contributed by atoms with van der Waals surface area (Å²) in [5, 5.41) is 3.13. The molecule has 110 valence electrons. The maximum Gasteiger partial charge on any atom is 0.325 e. The second kappa shape index (κ2) is 6.23. The highest BCUT2D eigenvalue weighted by molar-refractivity contribution is 5.80. The zero-order valence-corrected chi connectivity index (χ0v) is 12.6. The Balaban J connectivity index is 1.91. The SMILES string of the molecule is CNC(C)(CCN1CCCC2CCCC21)C(=O)OC. The van der Waals surface area contributed by atoms with Crippen LogP contribution in [0.1, 0.15) is 45.4 Å². The van der Waals surface area contributed by atoms with E-state index in [1.54, 1.807) is 0 Å². The predicted molar refractivity (Wildman–Crippen MR) is 76.0 cm³/mol. The lowest BCUT2D eigenvalue weighted by atomic mass is 9.90. The third-order valence-corrected chi connectivity index (χ3v) is 5.19. The van der Waals surface area contributed by atoms with Gasteiger partial charge in [0, 0.05) is 12.6 Å². The highest BCUT2D eigenvalue weighted by Crippen LogP contribution is 2.37. The first kappa shape index (κ1) is 14.8. The van der Waals surface area contributed by atoms with Crippen molar-refractivity contribution in [3.05, 3.63) is 0 Å². The van der Waals surface area contributed by atoms with E-state index in [9.17, 15) is 4.79 Å². The van der Waals surface area contributed by atoms with Crippen molar-refractivity contribution >= 4 is 5.97 Å². The third kappa shape index (κ3) is 3.11. The number of ether oxygens (including phenoxy) is 1. The predicted octanol–water partition coefficient (Wildman–Crippen LogP) is 1.79. The standard InChI is InChI=1S/C15H28N2O2/c1-15(16-2,14(18)19-3)9-11-17-10-5-7-12-6-4-8-13(12)17/h12-13,16H,4-11H2,1-3H3. The number of methoxy groups -OCH3 is 1. The smallest absolute Gasteiger partial charge is 0.325 e. The van der Waals surface area contributed by atoms with Crippen LogP contribution in [0, 0.1) is 5.92 Å². The van der Waals surface area contributed by atoms with Gasteiger partial charge in [-0.1, -0.05) is 6.42 Å². The van der Waals surface area contributed by atoms with Gasteiger partial charge in [0.05, 0.1) is 7.11 Å². The lowest BCUT2D eigenvalue weighted by Crippen LogP contribution is -2.52. The van der Waals surface area contributed by atoms with Crippen LogP contribution in [0.3, 0.4) is 0 Å². The molecule has 2 rings (SSSR count). The first-order valence-electron chi connectivity index (χ1n) is 7.62. The molecule has 2 fully saturated rings. The molecule has 0 radical (unpaired) electrons. The Bertz CT molecular complexity index is 321. The largest absolute Gasteiger partial charge is 0.468 e. The molecule has 4 nitrogen and oxygen atoms in total. The molecule has 1 saturated heterocycles. The zero-order valence-electron chi connectivity index (χ0n) is 12.6. The number of likely N-dealkylation sites (N-methyl/N-ethyl adjacent to an activating group) is 1. The highest BCUT2D eigenvalue weighted by Gasteiger charge is 2.37. The summed E-state index contributed by atoms with van der Waals surface area (Å²) in [4.78, 5) is 14.5. The number of hydrogen-bond acceptors (Lipinski definition) is 4. The number of likely N-dealkylation sites (tertiary alicyclic amines) is 1. The molecular weight excluding hydrogens is 240 g/mol. The fourth-order valence-corrected chi connectivity index (χ4v) is 3.76. The van der Waals surface area contributed by atoms with Gasteiger partial charge >= 0.3 is 5.97 Å². The second-order valence-corrected chi connectivity index (χ2v) is 6.26. The maximum absolute atomic E-state index is 11.9. The van der Waals surface area contributed by atoms with Gasteiger partial charge in [-0.05, 0) is 58.5 Å². The summed E-state index contributed by atoms with van der Waals surface area (Å²) in [5.74, 6) is 0.752. The van der Waals surface area contributed by atoms with Crippen LogP contribution in [0.15, 0.2) is 0 Å². The van der Waals surface area contributed by atoms with E-state index < -0.39 is 5.54 Å². The van der Waals surface area contributed by atoms with Crippen LogP contribution in [-0.2, 0) is 9.53 Å². The Morgan fingerprint density at radius 1 is 1.37 bits per heavy atom. The third-order valence-electron chi connectivity index (χ3n) is 5.19. The van der Waals surface area contributed by atoms with E-state index in [0.717, 1.165) is 24.9 Å². The molecule has 1 N–H and O–H groups in total. The first-order chi connectivity index (χ1) is 9.10. The van der Waals surface area contributed by atoms with Crippen molar-refractivity contribution in [2.24, 2.45) is 5.92 Å². The van der Waals surface area contributed by atoms with Crippen molar-refractivity contribution in [2.75, 3.05) is 27.2 Å². The molecule has 0 spiro atoms. The molecule has 19 heavy (non-hydrogen) atoms. The minimum Gasteiger partial charge on any atom is -0.468 e. The average molecular weight is 268 g/mol. The van der Waals surface area contributed by atoms with Gasteiger partial charge in [0.1, 0.15) is 5.54 Å². The molecule has 3 atom stereocenters. The van der Waals surface area contributed by atoms with Crippen LogP contribution < -0.4 is 5.32 Å². The van der Waals surface area contributed by atoms with E-state index in [1.807, 2.05) is 14.0 Å². The monoisotopic (exact) mass is 268 g/mol. The maximum atomic E-state index is 11.9. The molecule has 3 unspecified atom stereocenters. The molecule has 0 aromatic heterocycles. The van der Waals surface area contributed by atoms with Crippen molar-refractivity contribution in [1.82, 2.24) is 10.2 Å². The van der Waals surface area contributed by atoms with Gasteiger partial charge in [0.2, 0.25) is 0 Å². The molecule has 1 saturated carbocycles. The topological polar surface area (TPSA) is 41.6 Å². The van der Waals surface area contributed by atoms with E-state index in [-0.39, 0.29) is 5.97 Å². The summed E-state index contributed by atoms with van der Waals surface area (Å²) < 4.78 is 4.91. The van der Waals surface area contributed by atoms with Crippen LogP contribution in [-0.4, -0.2) is 49.7 Å². The summed E-state index contributed by atoms with van der Waals surface area (Å²) in [5.41, 5.74) is -0.555. The van der Waals surface area contributed by atoms with E-state index in [2.05, 4.69) is 10.2 Å². The number of rotatable bonds is 5. The molecule has 0 aromatic carbocycles. The number of hydrogen-bond donors (Lipinski definition) is 1. The van der Waals surface area contributed by atoms with Gasteiger partial charge in [-0.15, -0.1) is 0 Å². The van der Waals surface area contributed by atoms with Gasteiger partial charge in [0.15, 0.2) is 0 Å². The Morgan fingerprint density at radius 2 is 2.11 bits per heavy atom.